The van der Waals surface area contributed by atoms with Crippen LogP contribution < -0.4 is 4.74 Å². The van der Waals surface area contributed by atoms with Crippen LogP contribution in [-0.2, 0) is 4.74 Å². The van der Waals surface area contributed by atoms with Crippen molar-refractivity contribution in [3.05, 3.63) is 41.5 Å². The van der Waals surface area contributed by atoms with E-state index in [1.54, 1.807) is 37.3 Å². The largest absolute Gasteiger partial charge is 0.506 e. The number of aliphatic hydroxyl groups is 1. The SMILES string of the molecule is COC(=O)c1c2c(c3ccccc3c1O)O[C@](C)(CO)C=C2. The smallest absolute Gasteiger partial charge is 0.342 e. The number of hydrogen-bond donors (Lipinski definition) is 2. The van der Waals surface area contributed by atoms with Gasteiger partial charge in [-0.25, -0.2) is 4.79 Å². The highest BCUT2D eigenvalue weighted by molar-refractivity contribution is 6.08. The van der Waals surface area contributed by atoms with Gasteiger partial charge in [-0.3, -0.25) is 0 Å². The normalized spacial score (nSPS) is 19.6. The minimum Gasteiger partial charge on any atom is -0.506 e. The number of carbonyl (C=O) groups excluding carboxylic acids is 1. The van der Waals surface area contributed by atoms with Gasteiger partial charge in [0.2, 0.25) is 0 Å². The number of benzene rings is 2. The number of methoxy groups -OCH3 is 1. The Kier molecular flexibility index (Phi) is 3.30. The zero-order valence-corrected chi connectivity index (χ0v) is 12.3. The van der Waals surface area contributed by atoms with Gasteiger partial charge in [0.25, 0.3) is 0 Å². The first-order valence-corrected chi connectivity index (χ1v) is 6.86. The molecule has 0 unspecified atom stereocenters. The van der Waals surface area contributed by atoms with Crippen LogP contribution in [0.5, 0.6) is 11.5 Å². The van der Waals surface area contributed by atoms with Crippen molar-refractivity contribution < 1.29 is 24.5 Å². The van der Waals surface area contributed by atoms with Crippen molar-refractivity contribution in [2.45, 2.75) is 12.5 Å². The van der Waals surface area contributed by atoms with Gasteiger partial charge in [0, 0.05) is 16.3 Å². The zero-order chi connectivity index (χ0) is 15.9. The second-order valence-corrected chi connectivity index (χ2v) is 5.41. The minimum atomic E-state index is -0.875. The first-order valence-electron chi connectivity index (χ1n) is 6.86. The molecule has 5 nitrogen and oxygen atoms in total. The van der Waals surface area contributed by atoms with Crippen molar-refractivity contribution in [1.82, 2.24) is 0 Å². The number of carbonyl (C=O) groups is 1. The molecule has 1 atom stereocenters. The van der Waals surface area contributed by atoms with Gasteiger partial charge in [-0.05, 0) is 13.0 Å². The molecule has 22 heavy (non-hydrogen) atoms. The summed E-state index contributed by atoms with van der Waals surface area (Å²) in [5.74, 6) is -0.324. The minimum absolute atomic E-state index is 0.0624. The Morgan fingerprint density at radius 1 is 1.32 bits per heavy atom. The maximum absolute atomic E-state index is 12.1. The van der Waals surface area contributed by atoms with Gasteiger partial charge >= 0.3 is 5.97 Å². The molecule has 1 aliphatic heterocycles. The topological polar surface area (TPSA) is 76.0 Å². The average molecular weight is 300 g/mol. The number of aromatic hydroxyl groups is 1. The number of esters is 1. The molecule has 1 heterocycles. The predicted molar refractivity (Wildman–Crippen MR) is 82.1 cm³/mol. The molecule has 1 aliphatic rings. The number of phenols is 1. The van der Waals surface area contributed by atoms with Crippen LogP contribution in [0, 0.1) is 0 Å². The molecule has 0 radical (unpaired) electrons. The average Bonchev–Trinajstić information content (AvgIpc) is 2.55. The predicted octanol–water partition coefficient (Wildman–Crippen LogP) is 2.49. The van der Waals surface area contributed by atoms with Crippen LogP contribution >= 0.6 is 0 Å². The molecule has 0 bridgehead atoms. The number of hydrogen-bond acceptors (Lipinski definition) is 5. The molecule has 0 amide bonds. The van der Waals surface area contributed by atoms with E-state index in [2.05, 4.69) is 0 Å². The summed E-state index contributed by atoms with van der Waals surface area (Å²) in [5, 5.41) is 21.1. The molecule has 2 aromatic rings. The third-order valence-corrected chi connectivity index (χ3v) is 3.82. The second-order valence-electron chi connectivity index (χ2n) is 5.41. The van der Waals surface area contributed by atoms with Gasteiger partial charge in [-0.1, -0.05) is 30.3 Å². The van der Waals surface area contributed by atoms with Crippen LogP contribution in [0.1, 0.15) is 22.8 Å². The van der Waals surface area contributed by atoms with Gasteiger partial charge in [0.1, 0.15) is 22.7 Å². The molecule has 0 fully saturated rings. The highest BCUT2D eigenvalue weighted by atomic mass is 16.5. The molecule has 0 aliphatic carbocycles. The maximum Gasteiger partial charge on any atom is 0.342 e. The summed E-state index contributed by atoms with van der Waals surface area (Å²) >= 11 is 0. The fourth-order valence-corrected chi connectivity index (χ4v) is 2.60. The molecule has 2 N–H and O–H groups in total. The van der Waals surface area contributed by atoms with Crippen molar-refractivity contribution in [2.24, 2.45) is 0 Å². The van der Waals surface area contributed by atoms with Crippen LogP contribution in [-0.4, -0.2) is 35.5 Å². The molecule has 3 rings (SSSR count). The van der Waals surface area contributed by atoms with E-state index in [-0.39, 0.29) is 17.9 Å². The summed E-state index contributed by atoms with van der Waals surface area (Å²) in [7, 11) is 1.26. The van der Waals surface area contributed by atoms with Crippen molar-refractivity contribution in [3.63, 3.8) is 0 Å². The molecule has 0 aromatic heterocycles. The Labute approximate surface area is 127 Å². The fraction of sp³-hybridized carbons (Fsp3) is 0.235. The molecular weight excluding hydrogens is 284 g/mol. The van der Waals surface area contributed by atoms with Crippen LogP contribution in [0.3, 0.4) is 0 Å². The van der Waals surface area contributed by atoms with E-state index in [9.17, 15) is 15.0 Å². The van der Waals surface area contributed by atoms with Gasteiger partial charge in [-0.2, -0.15) is 0 Å². The third-order valence-electron chi connectivity index (χ3n) is 3.82. The number of rotatable bonds is 2. The summed E-state index contributed by atoms with van der Waals surface area (Å²) in [6.07, 6.45) is 3.34. The highest BCUT2D eigenvalue weighted by Gasteiger charge is 2.32. The molecule has 0 saturated heterocycles. The standard InChI is InChI=1S/C17H16O5/c1-17(9-18)8-7-12-13(16(20)21-2)14(19)10-5-3-4-6-11(10)15(12)22-17/h3-8,18-19H,9H2,1-2H3/t17-/m0/s1. The van der Waals surface area contributed by atoms with Gasteiger partial charge in [-0.15, -0.1) is 0 Å². The van der Waals surface area contributed by atoms with Gasteiger partial charge in [0.05, 0.1) is 13.7 Å². The first-order chi connectivity index (χ1) is 10.5. The third kappa shape index (κ3) is 2.02. The fourth-order valence-electron chi connectivity index (χ4n) is 2.60. The second kappa shape index (κ2) is 5.03. The Bertz CT molecular complexity index is 793. The van der Waals surface area contributed by atoms with Crippen LogP contribution in [0.25, 0.3) is 16.8 Å². The number of fused-ring (bicyclic) bond motifs is 3. The van der Waals surface area contributed by atoms with E-state index < -0.39 is 11.6 Å². The molecule has 5 heteroatoms. The van der Waals surface area contributed by atoms with Crippen molar-refractivity contribution >= 4 is 22.8 Å². The summed E-state index contributed by atoms with van der Waals surface area (Å²) < 4.78 is 10.7. The van der Waals surface area contributed by atoms with E-state index in [1.165, 1.54) is 7.11 Å². The zero-order valence-electron chi connectivity index (χ0n) is 12.3. The molecule has 0 saturated carbocycles. The first kappa shape index (κ1) is 14.4. The lowest BCUT2D eigenvalue weighted by Crippen LogP contribution is -2.36. The molecular formula is C17H16O5. The van der Waals surface area contributed by atoms with E-state index in [0.717, 1.165) is 0 Å². The summed E-state index contributed by atoms with van der Waals surface area (Å²) in [6, 6.07) is 7.08. The van der Waals surface area contributed by atoms with E-state index in [4.69, 9.17) is 9.47 Å². The van der Waals surface area contributed by atoms with Gasteiger partial charge in [0.15, 0.2) is 0 Å². The lowest BCUT2D eigenvalue weighted by Gasteiger charge is -2.31. The van der Waals surface area contributed by atoms with E-state index in [1.807, 2.05) is 6.07 Å². The summed E-state index contributed by atoms with van der Waals surface area (Å²) in [6.45, 7) is 1.54. The van der Waals surface area contributed by atoms with Crippen molar-refractivity contribution in [2.75, 3.05) is 13.7 Å². The van der Waals surface area contributed by atoms with Crippen molar-refractivity contribution in [3.8, 4) is 11.5 Å². The monoisotopic (exact) mass is 300 g/mol. The quantitative estimate of drug-likeness (QED) is 0.833. The van der Waals surface area contributed by atoms with Crippen LogP contribution in [0.4, 0.5) is 0 Å². The number of ether oxygens (including phenoxy) is 2. The highest BCUT2D eigenvalue weighted by Crippen LogP contribution is 2.44. The van der Waals surface area contributed by atoms with Gasteiger partial charge < -0.3 is 19.7 Å². The maximum atomic E-state index is 12.1. The Morgan fingerprint density at radius 2 is 2.00 bits per heavy atom. The molecule has 0 spiro atoms. The molecule has 114 valence electrons. The summed E-state index contributed by atoms with van der Waals surface area (Å²) in [5.41, 5.74) is -0.360. The lowest BCUT2D eigenvalue weighted by atomic mass is 9.93. The lowest BCUT2D eigenvalue weighted by molar-refractivity contribution is 0.0582. The van der Waals surface area contributed by atoms with E-state index in [0.29, 0.717) is 22.1 Å². The Balaban J connectivity index is 2.39. The van der Waals surface area contributed by atoms with Crippen LogP contribution in [0.2, 0.25) is 0 Å². The Morgan fingerprint density at radius 3 is 2.64 bits per heavy atom. The summed E-state index contributed by atoms with van der Waals surface area (Å²) in [4.78, 5) is 12.1. The Hall–Kier alpha value is -2.53. The molecule has 2 aromatic carbocycles. The van der Waals surface area contributed by atoms with Crippen LogP contribution in [0.15, 0.2) is 30.3 Å². The van der Waals surface area contributed by atoms with Crippen molar-refractivity contribution in [1.29, 1.82) is 0 Å². The van der Waals surface area contributed by atoms with E-state index >= 15 is 0 Å². The number of aliphatic hydroxyl groups excluding tert-OH is 1. The number of phenolic OH excluding ortho intramolecular Hbond substituents is 1.